The van der Waals surface area contributed by atoms with Crippen molar-refractivity contribution in [2.45, 2.75) is 38.2 Å². The highest BCUT2D eigenvalue weighted by molar-refractivity contribution is 5.22. The molecule has 0 spiro atoms. The van der Waals surface area contributed by atoms with Crippen molar-refractivity contribution < 1.29 is 14.2 Å². The summed E-state index contributed by atoms with van der Waals surface area (Å²) in [5, 5.41) is 0. The average Bonchev–Trinajstić information content (AvgIpc) is 2.70. The summed E-state index contributed by atoms with van der Waals surface area (Å²) >= 11 is 0. The molecule has 0 aliphatic heterocycles. The topological polar surface area (TPSA) is 66.4 Å². The Morgan fingerprint density at radius 3 is 2.44 bits per heavy atom. The number of aromatic nitrogens is 3. The molecule has 0 N–H and O–H groups in total. The molecular weight excluding hydrogens is 342 g/mol. The van der Waals surface area contributed by atoms with Gasteiger partial charge in [-0.05, 0) is 43.6 Å². The average molecular weight is 363 g/mol. The van der Waals surface area contributed by atoms with Crippen molar-refractivity contribution in [1.29, 1.82) is 0 Å². The van der Waals surface area contributed by atoms with Crippen LogP contribution in [0, 0.1) is 0 Å². The molecule has 1 heterocycles. The van der Waals surface area contributed by atoms with Crippen molar-refractivity contribution in [3.05, 3.63) is 72.3 Å². The minimum absolute atomic E-state index is 0.122. The number of ether oxygens (including phenoxy) is 3. The van der Waals surface area contributed by atoms with Crippen LogP contribution in [0.5, 0.6) is 18.0 Å². The van der Waals surface area contributed by atoms with Gasteiger partial charge in [0.1, 0.15) is 17.6 Å². The van der Waals surface area contributed by atoms with E-state index in [9.17, 15) is 0 Å². The van der Waals surface area contributed by atoms with Gasteiger partial charge in [0.25, 0.3) is 0 Å². The summed E-state index contributed by atoms with van der Waals surface area (Å²) in [5.41, 5.74) is 0. The van der Waals surface area contributed by atoms with E-state index in [-0.39, 0.29) is 24.1 Å². The Bertz CT molecular complexity index is 865. The molecule has 6 heteroatoms. The Labute approximate surface area is 158 Å². The van der Waals surface area contributed by atoms with Crippen molar-refractivity contribution in [2.75, 3.05) is 0 Å². The van der Waals surface area contributed by atoms with Crippen molar-refractivity contribution in [3.63, 3.8) is 0 Å². The van der Waals surface area contributed by atoms with Crippen molar-refractivity contribution in [3.8, 4) is 18.0 Å². The fraction of sp³-hybridized carbons (Fsp3) is 0.286. The van der Waals surface area contributed by atoms with Gasteiger partial charge < -0.3 is 14.2 Å². The zero-order chi connectivity index (χ0) is 18.3. The van der Waals surface area contributed by atoms with Crippen LogP contribution in [0.4, 0.5) is 0 Å². The maximum absolute atomic E-state index is 5.88. The number of hydrogen-bond donors (Lipinski definition) is 0. The molecule has 6 nitrogen and oxygen atoms in total. The standard InChI is InChI=1S/C21H21N3O3/c1-4-10-16(11-5-1)25-19-22-20(26-17-12-6-2-7-13-17)24-21(23-19)27-18-14-8-3-9-15-18/h1-2,4-6,8,10,12,14-16H,3,7,9,11,13H2. The first-order valence-electron chi connectivity index (χ1n) is 9.19. The molecule has 1 aromatic rings. The molecule has 0 saturated heterocycles. The molecule has 0 aromatic carbocycles. The van der Waals surface area contributed by atoms with Crippen LogP contribution in [0.3, 0.4) is 0 Å². The van der Waals surface area contributed by atoms with E-state index in [4.69, 9.17) is 14.2 Å². The zero-order valence-corrected chi connectivity index (χ0v) is 15.0. The smallest absolute Gasteiger partial charge is 0.331 e. The van der Waals surface area contributed by atoms with Gasteiger partial charge in [-0.25, -0.2) is 0 Å². The highest BCUT2D eigenvalue weighted by Gasteiger charge is 2.16. The number of allylic oxidation sites excluding steroid dienone is 9. The SMILES string of the molecule is C1=CCCC(Oc2nc(OC3=CCCC=C3)nc(OC3C=CC=CC3)n2)=C1. The second kappa shape index (κ2) is 8.49. The van der Waals surface area contributed by atoms with Gasteiger partial charge in [0.05, 0.1) is 0 Å². The largest absolute Gasteiger partial charge is 0.455 e. The molecule has 0 bridgehead atoms. The minimum atomic E-state index is -0.122. The van der Waals surface area contributed by atoms with Gasteiger partial charge in [0, 0.05) is 12.8 Å². The Balaban J connectivity index is 1.56. The highest BCUT2D eigenvalue weighted by Crippen LogP contribution is 2.23. The summed E-state index contributed by atoms with van der Waals surface area (Å²) in [6.45, 7) is 0. The summed E-state index contributed by atoms with van der Waals surface area (Å²) in [4.78, 5) is 12.9. The van der Waals surface area contributed by atoms with Gasteiger partial charge in [-0.1, -0.05) is 36.5 Å². The molecule has 27 heavy (non-hydrogen) atoms. The maximum atomic E-state index is 5.88. The van der Waals surface area contributed by atoms with E-state index in [1.54, 1.807) is 0 Å². The molecule has 0 radical (unpaired) electrons. The predicted octanol–water partition coefficient (Wildman–Crippen LogP) is 4.36. The monoisotopic (exact) mass is 363 g/mol. The van der Waals surface area contributed by atoms with E-state index >= 15 is 0 Å². The zero-order valence-electron chi connectivity index (χ0n) is 15.0. The molecule has 0 amide bonds. The Morgan fingerprint density at radius 1 is 0.815 bits per heavy atom. The Hall–Kier alpha value is -3.15. The molecule has 0 saturated carbocycles. The van der Waals surface area contributed by atoms with Crippen LogP contribution in [-0.4, -0.2) is 21.1 Å². The van der Waals surface area contributed by atoms with Gasteiger partial charge in [-0.15, -0.1) is 15.0 Å². The molecule has 0 fully saturated rings. The molecule has 1 unspecified atom stereocenters. The minimum Gasteiger partial charge on any atom is -0.455 e. The van der Waals surface area contributed by atoms with Gasteiger partial charge in [0.15, 0.2) is 0 Å². The second-order valence-electron chi connectivity index (χ2n) is 6.28. The quantitative estimate of drug-likeness (QED) is 0.748. The van der Waals surface area contributed by atoms with Gasteiger partial charge in [0.2, 0.25) is 0 Å². The van der Waals surface area contributed by atoms with E-state index in [1.807, 2.05) is 48.6 Å². The lowest BCUT2D eigenvalue weighted by molar-refractivity contribution is 0.220. The Kier molecular flexibility index (Phi) is 5.43. The summed E-state index contributed by atoms with van der Waals surface area (Å²) in [6.07, 6.45) is 24.2. The van der Waals surface area contributed by atoms with Crippen molar-refractivity contribution in [1.82, 2.24) is 15.0 Å². The van der Waals surface area contributed by atoms with Crippen LogP contribution >= 0.6 is 0 Å². The van der Waals surface area contributed by atoms with E-state index in [1.165, 1.54) is 0 Å². The van der Waals surface area contributed by atoms with E-state index in [0.29, 0.717) is 5.76 Å². The number of nitrogens with zero attached hydrogens (tertiary/aromatic N) is 3. The predicted molar refractivity (Wildman–Crippen MR) is 101 cm³/mol. The summed E-state index contributed by atoms with van der Waals surface area (Å²) in [7, 11) is 0. The lowest BCUT2D eigenvalue weighted by Gasteiger charge is -2.16. The maximum Gasteiger partial charge on any atom is 0.331 e. The second-order valence-corrected chi connectivity index (χ2v) is 6.28. The van der Waals surface area contributed by atoms with Crippen LogP contribution in [0.15, 0.2) is 72.3 Å². The lowest BCUT2D eigenvalue weighted by Crippen LogP contribution is -2.16. The number of rotatable bonds is 6. The third kappa shape index (κ3) is 4.94. The summed E-state index contributed by atoms with van der Waals surface area (Å²) in [5.74, 6) is 1.52. The van der Waals surface area contributed by atoms with Crippen molar-refractivity contribution >= 4 is 0 Å². The van der Waals surface area contributed by atoms with E-state index in [2.05, 4.69) is 27.1 Å². The van der Waals surface area contributed by atoms with Crippen LogP contribution in [0.2, 0.25) is 0 Å². The molecule has 138 valence electrons. The van der Waals surface area contributed by atoms with Crippen LogP contribution in [0.25, 0.3) is 0 Å². The molecule has 3 aliphatic carbocycles. The Morgan fingerprint density at radius 2 is 1.70 bits per heavy atom. The first-order chi connectivity index (χ1) is 13.3. The molecule has 3 aliphatic rings. The third-order valence-electron chi connectivity index (χ3n) is 4.14. The normalized spacial score (nSPS) is 20.8. The van der Waals surface area contributed by atoms with E-state index in [0.717, 1.165) is 37.9 Å². The summed E-state index contributed by atoms with van der Waals surface area (Å²) < 4.78 is 17.5. The molecular formula is C21H21N3O3. The van der Waals surface area contributed by atoms with Crippen LogP contribution in [-0.2, 0) is 0 Å². The van der Waals surface area contributed by atoms with Gasteiger partial charge in [-0.3, -0.25) is 0 Å². The molecule has 1 atom stereocenters. The first-order valence-corrected chi connectivity index (χ1v) is 9.19. The molecule has 4 rings (SSSR count). The first kappa shape index (κ1) is 17.3. The third-order valence-corrected chi connectivity index (χ3v) is 4.14. The van der Waals surface area contributed by atoms with E-state index < -0.39 is 0 Å². The van der Waals surface area contributed by atoms with Crippen molar-refractivity contribution in [2.24, 2.45) is 0 Å². The van der Waals surface area contributed by atoms with Crippen LogP contribution < -0.4 is 14.2 Å². The van der Waals surface area contributed by atoms with Crippen LogP contribution in [0.1, 0.15) is 32.1 Å². The lowest BCUT2D eigenvalue weighted by atomic mass is 10.1. The fourth-order valence-corrected chi connectivity index (χ4v) is 2.80. The molecule has 1 aromatic heterocycles. The van der Waals surface area contributed by atoms with Gasteiger partial charge in [-0.2, -0.15) is 0 Å². The van der Waals surface area contributed by atoms with Gasteiger partial charge >= 0.3 is 18.0 Å². The highest BCUT2D eigenvalue weighted by atomic mass is 16.5. The number of hydrogen-bond acceptors (Lipinski definition) is 6. The summed E-state index contributed by atoms with van der Waals surface area (Å²) in [6, 6.07) is 0.523. The fourth-order valence-electron chi connectivity index (χ4n) is 2.80.